The maximum absolute atomic E-state index is 12.8. The average Bonchev–Trinajstić information content (AvgIpc) is 3.24. The van der Waals surface area contributed by atoms with Gasteiger partial charge in [-0.2, -0.15) is 0 Å². The van der Waals surface area contributed by atoms with Gasteiger partial charge in [-0.3, -0.25) is 9.69 Å². The lowest BCUT2D eigenvalue weighted by atomic mass is 10.1. The van der Waals surface area contributed by atoms with Gasteiger partial charge in [0.15, 0.2) is 0 Å². The van der Waals surface area contributed by atoms with Gasteiger partial charge >= 0.3 is 0 Å². The van der Waals surface area contributed by atoms with Gasteiger partial charge in [-0.05, 0) is 18.0 Å². The van der Waals surface area contributed by atoms with E-state index in [4.69, 9.17) is 4.74 Å². The van der Waals surface area contributed by atoms with Crippen molar-refractivity contribution in [1.29, 1.82) is 0 Å². The van der Waals surface area contributed by atoms with Crippen molar-refractivity contribution in [3.05, 3.63) is 34.5 Å². The van der Waals surface area contributed by atoms with Gasteiger partial charge in [-0.15, -0.1) is 11.3 Å². The fraction of sp³-hybridized carbons (Fsp3) is 0.467. The first-order chi connectivity index (χ1) is 10.7. The van der Waals surface area contributed by atoms with Gasteiger partial charge in [-0.25, -0.2) is 4.98 Å². The molecule has 3 heterocycles. The molecule has 0 radical (unpaired) electrons. The monoisotopic (exact) mass is 320 g/mol. The van der Waals surface area contributed by atoms with Crippen molar-refractivity contribution in [2.45, 2.75) is 13.0 Å². The number of nitrogens with zero attached hydrogens (tertiary/aromatic N) is 3. The minimum atomic E-state index is 0.0409. The summed E-state index contributed by atoms with van der Waals surface area (Å²) in [4.78, 5) is 25.2. The number of hydrogen-bond acceptors (Lipinski definition) is 5. The van der Waals surface area contributed by atoms with Gasteiger partial charge in [0, 0.05) is 32.0 Å². The number of ether oxygens (including phenoxy) is 1. The summed E-state index contributed by atoms with van der Waals surface area (Å²) < 4.78 is 5.27. The number of hydrogen-bond donors (Lipinski definition) is 1. The molecular weight excluding hydrogens is 300 g/mol. The van der Waals surface area contributed by atoms with Crippen molar-refractivity contribution in [3.8, 4) is 5.75 Å². The fourth-order valence-electron chi connectivity index (χ4n) is 2.86. The van der Waals surface area contributed by atoms with E-state index in [1.807, 2.05) is 22.5 Å². The molecule has 1 aliphatic heterocycles. The van der Waals surface area contributed by atoms with E-state index >= 15 is 0 Å². The van der Waals surface area contributed by atoms with Crippen LogP contribution in [0.25, 0.3) is 0 Å². The van der Waals surface area contributed by atoms with E-state index in [-0.39, 0.29) is 11.9 Å². The summed E-state index contributed by atoms with van der Waals surface area (Å²) in [7, 11) is 1.60. The minimum absolute atomic E-state index is 0.0409. The molecule has 0 aliphatic carbocycles. The number of aromatic nitrogens is 2. The number of nitrogens with one attached hydrogen (secondary N) is 1. The third-order valence-corrected chi connectivity index (χ3v) is 4.95. The van der Waals surface area contributed by atoms with Crippen LogP contribution in [-0.4, -0.2) is 59.0 Å². The molecule has 1 aliphatic rings. The molecule has 2 aromatic rings. The van der Waals surface area contributed by atoms with Crippen LogP contribution in [0.2, 0.25) is 0 Å². The molecule has 6 nitrogen and oxygen atoms in total. The second-order valence-corrected chi connectivity index (χ2v) is 6.10. The number of piperazine rings is 1. The number of amides is 1. The molecule has 3 rings (SSSR count). The highest BCUT2D eigenvalue weighted by atomic mass is 32.1. The number of methoxy groups -OCH3 is 1. The molecule has 0 spiro atoms. The number of thiophene rings is 1. The number of carbonyl (C=O) groups excluding carboxylic acids is 1. The van der Waals surface area contributed by atoms with E-state index in [1.54, 1.807) is 13.3 Å². The second kappa shape index (κ2) is 6.50. The zero-order chi connectivity index (χ0) is 15.5. The molecular formula is C15H20N4O2S. The van der Waals surface area contributed by atoms with Crippen molar-refractivity contribution in [2.24, 2.45) is 0 Å². The average molecular weight is 320 g/mol. The molecule has 1 N–H and O–H groups in total. The Morgan fingerprint density at radius 2 is 2.41 bits per heavy atom. The highest BCUT2D eigenvalue weighted by Gasteiger charge is 2.32. The maximum atomic E-state index is 12.8. The Balaban J connectivity index is 1.80. The van der Waals surface area contributed by atoms with Crippen LogP contribution in [0.5, 0.6) is 5.75 Å². The zero-order valence-corrected chi connectivity index (χ0v) is 13.6. The summed E-state index contributed by atoms with van der Waals surface area (Å²) in [5.41, 5.74) is 0. The lowest BCUT2D eigenvalue weighted by molar-refractivity contribution is 0.0481. The number of likely N-dealkylation sites (N-methyl/N-ethyl adjacent to an activating group) is 1. The zero-order valence-electron chi connectivity index (χ0n) is 12.8. The van der Waals surface area contributed by atoms with Crippen LogP contribution in [0.4, 0.5) is 0 Å². The van der Waals surface area contributed by atoms with Gasteiger partial charge in [-0.1, -0.05) is 6.92 Å². The smallest absolute Gasteiger partial charge is 0.267 e. The molecule has 7 heteroatoms. The molecule has 1 saturated heterocycles. The molecule has 1 atom stereocenters. The summed E-state index contributed by atoms with van der Waals surface area (Å²) in [6.07, 6.45) is 3.58. The standard InChI is InChI=1S/C15H20N4O2S/c1-3-18-7-8-19(10-11(18)14-16-5-6-17-14)15(20)13-12(21-2)4-9-22-13/h4-6,9,11H,3,7-8,10H2,1-2H3,(H,16,17). The van der Waals surface area contributed by atoms with E-state index in [1.165, 1.54) is 11.3 Å². The first-order valence-corrected chi connectivity index (χ1v) is 8.26. The SMILES string of the molecule is CCN1CCN(C(=O)c2sccc2OC)CC1c1ncc[nH]1. The lowest BCUT2D eigenvalue weighted by Gasteiger charge is -2.39. The van der Waals surface area contributed by atoms with Crippen LogP contribution in [0, 0.1) is 0 Å². The summed E-state index contributed by atoms with van der Waals surface area (Å²) in [5, 5.41) is 1.89. The normalized spacial score (nSPS) is 19.4. The molecule has 0 saturated carbocycles. The van der Waals surface area contributed by atoms with Gasteiger partial charge in [0.25, 0.3) is 5.91 Å². The number of aromatic amines is 1. The Morgan fingerprint density at radius 3 is 3.09 bits per heavy atom. The van der Waals surface area contributed by atoms with Crippen molar-refractivity contribution >= 4 is 17.2 Å². The first kappa shape index (κ1) is 15.1. The molecule has 0 aromatic carbocycles. The quantitative estimate of drug-likeness (QED) is 0.936. The minimum Gasteiger partial charge on any atom is -0.495 e. The summed E-state index contributed by atoms with van der Waals surface area (Å²) in [5.74, 6) is 1.61. The fourth-order valence-corrected chi connectivity index (χ4v) is 3.69. The van der Waals surface area contributed by atoms with E-state index in [0.29, 0.717) is 17.2 Å². The molecule has 118 valence electrons. The number of carbonyl (C=O) groups is 1. The predicted octanol–water partition coefficient (Wildman–Crippen LogP) is 2.00. The Hall–Kier alpha value is -1.86. The van der Waals surface area contributed by atoms with Crippen LogP contribution in [-0.2, 0) is 0 Å². The van der Waals surface area contributed by atoms with Gasteiger partial charge < -0.3 is 14.6 Å². The second-order valence-electron chi connectivity index (χ2n) is 5.19. The van der Waals surface area contributed by atoms with Gasteiger partial charge in [0.1, 0.15) is 16.5 Å². The highest BCUT2D eigenvalue weighted by molar-refractivity contribution is 7.12. The van der Waals surface area contributed by atoms with E-state index in [0.717, 1.165) is 25.5 Å². The summed E-state index contributed by atoms with van der Waals surface area (Å²) in [6.45, 7) is 5.29. The third-order valence-electron chi connectivity index (χ3n) is 4.06. The lowest BCUT2D eigenvalue weighted by Crippen LogP contribution is -2.50. The van der Waals surface area contributed by atoms with Crippen molar-refractivity contribution < 1.29 is 9.53 Å². The predicted molar refractivity (Wildman–Crippen MR) is 85.4 cm³/mol. The maximum Gasteiger partial charge on any atom is 0.267 e. The van der Waals surface area contributed by atoms with Crippen molar-refractivity contribution in [1.82, 2.24) is 19.8 Å². The number of H-pyrrole nitrogens is 1. The van der Waals surface area contributed by atoms with Crippen LogP contribution in [0.1, 0.15) is 28.5 Å². The summed E-state index contributed by atoms with van der Waals surface area (Å²) in [6, 6.07) is 1.95. The molecule has 1 unspecified atom stereocenters. The molecule has 1 amide bonds. The Labute approximate surface area is 133 Å². The Kier molecular flexibility index (Phi) is 4.44. The van der Waals surface area contributed by atoms with E-state index in [9.17, 15) is 4.79 Å². The Bertz CT molecular complexity index is 625. The van der Waals surface area contributed by atoms with Crippen molar-refractivity contribution in [2.75, 3.05) is 33.3 Å². The van der Waals surface area contributed by atoms with Crippen molar-refractivity contribution in [3.63, 3.8) is 0 Å². The number of rotatable bonds is 4. The third kappa shape index (κ3) is 2.74. The topological polar surface area (TPSA) is 61.5 Å². The molecule has 2 aromatic heterocycles. The van der Waals surface area contributed by atoms with Crippen LogP contribution >= 0.6 is 11.3 Å². The molecule has 22 heavy (non-hydrogen) atoms. The molecule has 0 bridgehead atoms. The van der Waals surface area contributed by atoms with E-state index in [2.05, 4.69) is 21.8 Å². The highest BCUT2D eigenvalue weighted by Crippen LogP contribution is 2.29. The van der Waals surface area contributed by atoms with Gasteiger partial charge in [0.2, 0.25) is 0 Å². The van der Waals surface area contributed by atoms with E-state index < -0.39 is 0 Å². The molecule has 1 fully saturated rings. The first-order valence-electron chi connectivity index (χ1n) is 7.38. The van der Waals surface area contributed by atoms with Gasteiger partial charge in [0.05, 0.1) is 13.2 Å². The van der Waals surface area contributed by atoms with Crippen LogP contribution in [0.15, 0.2) is 23.8 Å². The largest absolute Gasteiger partial charge is 0.495 e. The van der Waals surface area contributed by atoms with Crippen LogP contribution in [0.3, 0.4) is 0 Å². The number of imidazole rings is 1. The Morgan fingerprint density at radius 1 is 1.55 bits per heavy atom. The summed E-state index contributed by atoms with van der Waals surface area (Å²) >= 11 is 1.43. The van der Waals surface area contributed by atoms with Crippen LogP contribution < -0.4 is 4.74 Å².